The number of hydrogen-bond donors (Lipinski definition) is 6. The van der Waals surface area contributed by atoms with Gasteiger partial charge in [-0.1, -0.05) is 0 Å². The van der Waals surface area contributed by atoms with Gasteiger partial charge in [0.2, 0.25) is 17.6 Å². The molecule has 0 amide bonds. The van der Waals surface area contributed by atoms with Crippen molar-refractivity contribution in [3.05, 3.63) is 197 Å². The predicted octanol–water partition coefficient (Wildman–Crippen LogP) is 12.3. The standard InChI is InChI=1S/3C26H24FN9O/c3*1-14-17(11-31-26-24(14)19(27)3-7-37-26)20-8-15-9-21(30-12-18(15)25(28)32-20)33-22-10-16-2-5-35-6-4-29-23(35)13-36(16)34-22/h3*4,6,8-12,19H,2-3,5,7,13H2,1H3,(H2,28,32)(H,30,33,34)/t2*19-;/m10./s1. The second kappa shape index (κ2) is 27.6. The monoisotopic (exact) mass is 1490 g/mol. The highest BCUT2D eigenvalue weighted by molar-refractivity contribution is 5.97. The maximum absolute atomic E-state index is 14.7. The van der Waals surface area contributed by atoms with Crippen molar-refractivity contribution in [1.29, 1.82) is 0 Å². The molecule has 0 bridgehead atoms. The number of fused-ring (bicyclic) bond motifs is 12. The molecule has 6 aliphatic heterocycles. The molecule has 0 radical (unpaired) electrons. The van der Waals surface area contributed by atoms with Crippen LogP contribution in [0.5, 0.6) is 17.6 Å². The number of halogens is 3. The van der Waals surface area contributed by atoms with Gasteiger partial charge in [0.25, 0.3) is 0 Å². The van der Waals surface area contributed by atoms with Crippen LogP contribution in [0.4, 0.5) is 65.5 Å². The summed E-state index contributed by atoms with van der Waals surface area (Å²) in [4.78, 5) is 53.7. The average molecular weight is 1490 g/mol. The van der Waals surface area contributed by atoms with Crippen LogP contribution in [0.25, 0.3) is 66.1 Å². The molecule has 0 aromatic carbocycles. The molecule has 9 N–H and O–H groups in total. The first-order chi connectivity index (χ1) is 54.1. The molecule has 0 spiro atoms. The molecular weight excluding hydrogens is 1420 g/mol. The van der Waals surface area contributed by atoms with Gasteiger partial charge in [-0.2, -0.15) is 15.3 Å². The summed E-state index contributed by atoms with van der Waals surface area (Å²) >= 11 is 0. The molecule has 30 nitrogen and oxygen atoms in total. The first kappa shape index (κ1) is 67.9. The van der Waals surface area contributed by atoms with E-state index < -0.39 is 18.5 Å². The van der Waals surface area contributed by atoms with Gasteiger partial charge in [-0.15, -0.1) is 0 Å². The Bertz CT molecular complexity index is 5610. The van der Waals surface area contributed by atoms with Crippen molar-refractivity contribution in [1.82, 2.24) is 103 Å². The highest BCUT2D eigenvalue weighted by atomic mass is 19.1. The molecule has 0 aliphatic carbocycles. The third-order valence-corrected chi connectivity index (χ3v) is 21.3. The van der Waals surface area contributed by atoms with E-state index in [-0.39, 0.29) is 0 Å². The number of ether oxygens (including phenoxy) is 3. The van der Waals surface area contributed by atoms with Crippen LogP contribution in [0.3, 0.4) is 0 Å². The number of hydrogen-bond acceptors (Lipinski definition) is 24. The predicted molar refractivity (Wildman–Crippen MR) is 409 cm³/mol. The number of imidazole rings is 3. The number of rotatable bonds is 9. The van der Waals surface area contributed by atoms with Gasteiger partial charge in [-0.25, -0.2) is 73.0 Å². The Hall–Kier alpha value is -13.6. The zero-order valence-electron chi connectivity index (χ0n) is 60.4. The van der Waals surface area contributed by atoms with Crippen LogP contribution in [0.2, 0.25) is 0 Å². The number of nitrogens with one attached hydrogen (secondary N) is 3. The smallest absolute Gasteiger partial charge is 0.219 e. The summed E-state index contributed by atoms with van der Waals surface area (Å²) in [5, 5.41) is 28.9. The Kier molecular flexibility index (Phi) is 16.9. The third kappa shape index (κ3) is 12.8. The molecule has 0 saturated heterocycles. The molecule has 0 fully saturated rings. The van der Waals surface area contributed by atoms with E-state index in [0.717, 1.165) is 139 Å². The van der Waals surface area contributed by atoms with Crippen molar-refractivity contribution < 1.29 is 27.4 Å². The summed E-state index contributed by atoms with van der Waals surface area (Å²) in [5.74, 6) is 9.13. The Morgan fingerprint density at radius 3 is 0.991 bits per heavy atom. The average Bonchev–Trinajstić information content (AvgIpc) is 1.61. The molecule has 15 aromatic rings. The van der Waals surface area contributed by atoms with Crippen LogP contribution < -0.4 is 47.4 Å². The van der Waals surface area contributed by atoms with Crippen LogP contribution in [0.1, 0.15) is 106 Å². The summed E-state index contributed by atoms with van der Waals surface area (Å²) in [7, 11) is 0. The Morgan fingerprint density at radius 1 is 0.378 bits per heavy atom. The number of nitrogen functional groups attached to an aromatic ring is 3. The van der Waals surface area contributed by atoms with E-state index in [1.165, 1.54) is 0 Å². The highest BCUT2D eigenvalue weighted by Gasteiger charge is 2.31. The molecule has 21 heterocycles. The van der Waals surface area contributed by atoms with E-state index in [1.54, 1.807) is 37.2 Å². The highest BCUT2D eigenvalue weighted by Crippen LogP contribution is 2.44. The first-order valence-electron chi connectivity index (χ1n) is 36.6. The second-order valence-corrected chi connectivity index (χ2v) is 28.2. The maximum atomic E-state index is 14.7. The van der Waals surface area contributed by atoms with Crippen molar-refractivity contribution >= 4 is 84.7 Å². The first-order valence-corrected chi connectivity index (χ1v) is 36.6. The minimum Gasteiger partial charge on any atom is -0.477 e. The van der Waals surface area contributed by atoms with Gasteiger partial charge in [-0.05, 0) is 90.0 Å². The lowest BCUT2D eigenvalue weighted by Crippen LogP contribution is -2.14. The lowest BCUT2D eigenvalue weighted by atomic mass is 9.96. The molecule has 33 heteroatoms. The Labute approximate surface area is 630 Å². The fourth-order valence-corrected chi connectivity index (χ4v) is 15.5. The molecule has 3 atom stereocenters. The SMILES string of the molecule is Cc1c(-c2cc3cc(Nc4cc5n(n4)Cc4nccn4CC5)ncc3c(N)n2)cnc2c1C(F)CCO2.Cc1c(-c2cc3cc(Nc4cc5n(n4)Cc4nccn4CC5)ncc3c(N)n2)cnc2c1[C@@H](F)CCO2.Cc1c(-c2cc3cc(Nc4cc5n(n4)Cc4nccn4CC5)ncc3c(N)n2)cnc2c1[C@H](F)CCO2. The van der Waals surface area contributed by atoms with E-state index in [2.05, 4.69) is 89.5 Å². The van der Waals surface area contributed by atoms with E-state index in [1.807, 2.05) is 127 Å². The second-order valence-electron chi connectivity index (χ2n) is 28.2. The molecule has 21 rings (SSSR count). The molecule has 1 unspecified atom stereocenters. The van der Waals surface area contributed by atoms with Crippen LogP contribution in [0, 0.1) is 20.8 Å². The number of aromatic nitrogens is 21. The third-order valence-electron chi connectivity index (χ3n) is 21.3. The molecule has 15 aromatic heterocycles. The van der Waals surface area contributed by atoms with Gasteiger partial charge in [-0.3, -0.25) is 14.0 Å². The van der Waals surface area contributed by atoms with Gasteiger partial charge in [0.1, 0.15) is 70.9 Å². The van der Waals surface area contributed by atoms with Crippen molar-refractivity contribution in [2.24, 2.45) is 0 Å². The minimum atomic E-state index is -1.11. The Balaban J connectivity index is 0.000000112. The van der Waals surface area contributed by atoms with Crippen molar-refractivity contribution in [3.63, 3.8) is 0 Å². The van der Waals surface area contributed by atoms with Crippen LogP contribution in [0.15, 0.2) is 129 Å². The molecule has 111 heavy (non-hydrogen) atoms. The van der Waals surface area contributed by atoms with Crippen LogP contribution >= 0.6 is 0 Å². The largest absolute Gasteiger partial charge is 0.477 e. The van der Waals surface area contributed by atoms with E-state index >= 15 is 0 Å². The zero-order chi connectivity index (χ0) is 75.3. The fourth-order valence-electron chi connectivity index (χ4n) is 15.5. The number of alkyl halides is 3. The van der Waals surface area contributed by atoms with E-state index in [9.17, 15) is 13.2 Å². The summed E-state index contributed by atoms with van der Waals surface area (Å²) in [5.41, 5.74) is 30.1. The molecular formula is C78H72F3N27O3. The minimum absolute atomic E-state index is 0.313. The van der Waals surface area contributed by atoms with Gasteiger partial charge < -0.3 is 61.1 Å². The number of nitrogens with two attached hydrogens (primary N) is 3. The maximum Gasteiger partial charge on any atom is 0.219 e. The summed E-state index contributed by atoms with van der Waals surface area (Å²) in [6, 6.07) is 17.6. The number of nitrogens with zero attached hydrogens (tertiary/aromatic N) is 21. The van der Waals surface area contributed by atoms with Crippen molar-refractivity contribution in [2.45, 2.75) is 117 Å². The number of anilines is 9. The summed E-state index contributed by atoms with van der Waals surface area (Å²) in [6.45, 7) is 11.1. The lowest BCUT2D eigenvalue weighted by molar-refractivity contribution is 0.192. The number of aryl methyl sites for hydroxylation is 6. The Morgan fingerprint density at radius 2 is 0.685 bits per heavy atom. The van der Waals surface area contributed by atoms with Crippen molar-refractivity contribution in [2.75, 3.05) is 53.0 Å². The van der Waals surface area contributed by atoms with Gasteiger partial charge in [0.15, 0.2) is 17.5 Å². The van der Waals surface area contributed by atoms with E-state index in [4.69, 9.17) is 46.7 Å². The van der Waals surface area contributed by atoms with Gasteiger partial charge in [0.05, 0.1) is 73.2 Å². The van der Waals surface area contributed by atoms with Crippen LogP contribution in [-0.4, -0.2) is 123 Å². The molecule has 558 valence electrons. The number of pyridine rings is 9. The normalized spacial score (nSPS) is 16.4. The zero-order valence-corrected chi connectivity index (χ0v) is 60.4. The molecule has 6 aliphatic rings. The molecule has 0 saturated carbocycles. The lowest BCUT2D eigenvalue weighted by Gasteiger charge is -2.22. The fraction of sp³-hybridized carbons (Fsp3) is 0.269. The van der Waals surface area contributed by atoms with Gasteiger partial charge >= 0.3 is 0 Å². The topological polar surface area (TPSA) is 365 Å². The quantitative estimate of drug-likeness (QED) is 0.0781. The van der Waals surface area contributed by atoms with Crippen LogP contribution in [-0.2, 0) is 58.5 Å². The summed E-state index contributed by atoms with van der Waals surface area (Å²) < 4.78 is 73.2. The van der Waals surface area contributed by atoms with Gasteiger partial charge in [0, 0.05) is 201 Å². The van der Waals surface area contributed by atoms with Crippen molar-refractivity contribution in [3.8, 4) is 51.4 Å². The van der Waals surface area contributed by atoms with E-state index in [0.29, 0.717) is 162 Å². The summed E-state index contributed by atoms with van der Waals surface area (Å²) in [6.07, 6.45) is 21.8.